The van der Waals surface area contributed by atoms with Crippen molar-refractivity contribution >= 4 is 52.6 Å². The quantitative estimate of drug-likeness (QED) is 0.0697. The Morgan fingerprint density at radius 3 is 1.65 bits per heavy atom. The van der Waals surface area contributed by atoms with Gasteiger partial charge in [-0.05, 0) is 18.1 Å². The largest absolute Gasteiger partial charge is 0.480 e. The van der Waals surface area contributed by atoms with Crippen molar-refractivity contribution in [2.75, 3.05) is 52.4 Å². The van der Waals surface area contributed by atoms with E-state index in [1.54, 1.807) is 30.5 Å². The summed E-state index contributed by atoms with van der Waals surface area (Å²) in [5.74, 6) is -8.86. The highest BCUT2D eigenvalue weighted by Crippen LogP contribution is 2.19. The van der Waals surface area contributed by atoms with Crippen LogP contribution in [0.4, 0.5) is 0 Å². The first-order valence-electron chi connectivity index (χ1n) is 14.0. The van der Waals surface area contributed by atoms with Crippen LogP contribution in [0.3, 0.4) is 0 Å². The summed E-state index contributed by atoms with van der Waals surface area (Å²) in [6.45, 7) is -3.73. The molecule has 1 aromatic carbocycles. The Labute approximate surface area is 261 Å². The Bertz CT molecular complexity index is 1340. The summed E-state index contributed by atoms with van der Waals surface area (Å²) in [6.07, 6.45) is 0.746. The van der Waals surface area contributed by atoms with Crippen LogP contribution in [-0.4, -0.2) is 156 Å². The van der Waals surface area contributed by atoms with E-state index in [1.165, 1.54) is 4.90 Å². The fourth-order valence-corrected chi connectivity index (χ4v) is 4.87. The number of benzene rings is 1. The number of hydrogen-bond acceptors (Lipinski definition) is 10. The summed E-state index contributed by atoms with van der Waals surface area (Å²) < 4.78 is 0. The number of aliphatic carboxylic acids is 6. The lowest BCUT2D eigenvalue weighted by Crippen LogP contribution is -2.50. The van der Waals surface area contributed by atoms with Crippen molar-refractivity contribution in [1.29, 1.82) is 0 Å². The number of hydrogen-bond donors (Lipinski definition) is 8. The summed E-state index contributed by atoms with van der Waals surface area (Å²) >= 11 is 0. The highest BCUT2D eigenvalue weighted by molar-refractivity contribution is 5.87. The average Bonchev–Trinajstić information content (AvgIpc) is 3.34. The topological polar surface area (TPSA) is 278 Å². The molecule has 0 aliphatic rings. The van der Waals surface area contributed by atoms with Gasteiger partial charge in [0.2, 0.25) is 5.91 Å². The van der Waals surface area contributed by atoms with Crippen LogP contribution in [0.2, 0.25) is 0 Å². The third-order valence-electron chi connectivity index (χ3n) is 6.95. The molecule has 0 aliphatic heterocycles. The summed E-state index contributed by atoms with van der Waals surface area (Å²) in [5, 5.41) is 59.5. The van der Waals surface area contributed by atoms with Gasteiger partial charge in [-0.15, -0.1) is 0 Å². The Morgan fingerprint density at radius 1 is 0.696 bits per heavy atom. The number of amides is 1. The molecule has 0 bridgehead atoms. The van der Waals surface area contributed by atoms with E-state index in [1.807, 2.05) is 0 Å². The molecule has 18 heteroatoms. The fraction of sp³-hybridized carbons (Fsp3) is 0.464. The molecule has 2 unspecified atom stereocenters. The van der Waals surface area contributed by atoms with Gasteiger partial charge < -0.3 is 40.9 Å². The first-order chi connectivity index (χ1) is 21.7. The van der Waals surface area contributed by atoms with Gasteiger partial charge in [-0.3, -0.25) is 43.5 Å². The van der Waals surface area contributed by atoms with E-state index < -0.39 is 86.4 Å². The van der Waals surface area contributed by atoms with Crippen LogP contribution in [-0.2, 0) is 40.0 Å². The molecule has 8 N–H and O–H groups in total. The molecule has 2 aromatic rings. The smallest absolute Gasteiger partial charge is 0.326 e. The van der Waals surface area contributed by atoms with Crippen molar-refractivity contribution < 1.29 is 64.2 Å². The Hall–Kier alpha value is -5.07. The Morgan fingerprint density at radius 2 is 1.20 bits per heavy atom. The molecule has 46 heavy (non-hydrogen) atoms. The molecule has 18 nitrogen and oxygen atoms in total. The third-order valence-corrected chi connectivity index (χ3v) is 6.95. The van der Waals surface area contributed by atoms with Crippen LogP contribution in [0.25, 0.3) is 10.9 Å². The van der Waals surface area contributed by atoms with Gasteiger partial charge in [0, 0.05) is 56.1 Å². The zero-order chi connectivity index (χ0) is 34.4. The maximum atomic E-state index is 12.8. The summed E-state index contributed by atoms with van der Waals surface area (Å²) in [7, 11) is 0. The maximum absolute atomic E-state index is 12.8. The van der Waals surface area contributed by atoms with Crippen molar-refractivity contribution in [3.8, 4) is 0 Å². The number of rotatable bonds is 23. The lowest BCUT2D eigenvalue weighted by atomic mass is 10.0. The number of nitrogens with one attached hydrogen (secondary N) is 2. The van der Waals surface area contributed by atoms with Gasteiger partial charge in [-0.1, -0.05) is 18.2 Å². The third kappa shape index (κ3) is 12.9. The van der Waals surface area contributed by atoms with Crippen molar-refractivity contribution in [1.82, 2.24) is 25.0 Å². The number of H-pyrrole nitrogens is 1. The molecular weight excluding hydrogens is 614 g/mol. The predicted octanol–water partition coefficient (Wildman–Crippen LogP) is -1.24. The normalized spacial score (nSPS) is 12.7. The SMILES string of the molecule is O=C(O)CN(CCN(CCN(CC(=O)O)CC(=O)O)C(CCC(=O)NC(Cc1c[nH]c2ccccc12)C(=O)O)C(=O)O)CC(=O)O. The molecule has 2 atom stereocenters. The zero-order valence-corrected chi connectivity index (χ0v) is 24.7. The average molecular weight is 652 g/mol. The first-order valence-corrected chi connectivity index (χ1v) is 14.0. The van der Waals surface area contributed by atoms with Crippen molar-refractivity contribution in [2.24, 2.45) is 0 Å². The number of aromatic nitrogens is 1. The molecule has 0 saturated heterocycles. The van der Waals surface area contributed by atoms with Crippen LogP contribution < -0.4 is 5.32 Å². The maximum Gasteiger partial charge on any atom is 0.326 e. The van der Waals surface area contributed by atoms with Gasteiger partial charge in [0.1, 0.15) is 12.1 Å². The number of carboxylic acids is 6. The highest BCUT2D eigenvalue weighted by Gasteiger charge is 2.29. The second kappa shape index (κ2) is 18.0. The van der Waals surface area contributed by atoms with Crippen LogP contribution in [0.1, 0.15) is 18.4 Å². The number of aromatic amines is 1. The van der Waals surface area contributed by atoms with Gasteiger partial charge in [0.05, 0.1) is 26.2 Å². The second-order valence-corrected chi connectivity index (χ2v) is 10.4. The van der Waals surface area contributed by atoms with Gasteiger partial charge in [-0.2, -0.15) is 0 Å². The molecule has 1 aromatic heterocycles. The van der Waals surface area contributed by atoms with E-state index in [-0.39, 0.29) is 39.0 Å². The molecule has 1 amide bonds. The summed E-state index contributed by atoms with van der Waals surface area (Å²) in [5.41, 5.74) is 1.41. The van der Waals surface area contributed by atoms with E-state index >= 15 is 0 Å². The molecule has 0 radical (unpaired) electrons. The van der Waals surface area contributed by atoms with Crippen LogP contribution >= 0.6 is 0 Å². The molecule has 0 spiro atoms. The molecule has 0 aliphatic carbocycles. The molecule has 252 valence electrons. The number of carboxylic acid groups (broad SMARTS) is 6. The molecule has 2 rings (SSSR count). The second-order valence-electron chi connectivity index (χ2n) is 10.4. The molecule has 1 heterocycles. The van der Waals surface area contributed by atoms with E-state index in [4.69, 9.17) is 20.4 Å². The minimum atomic E-state index is -1.45. The predicted molar refractivity (Wildman–Crippen MR) is 157 cm³/mol. The van der Waals surface area contributed by atoms with Gasteiger partial charge >= 0.3 is 35.8 Å². The highest BCUT2D eigenvalue weighted by atomic mass is 16.4. The number of para-hydroxylation sites is 1. The molecular formula is C28H37N5O13. The minimum absolute atomic E-state index is 0.0639. The fourth-order valence-electron chi connectivity index (χ4n) is 4.87. The Kier molecular flexibility index (Phi) is 14.6. The van der Waals surface area contributed by atoms with Crippen LogP contribution in [0.5, 0.6) is 0 Å². The molecule has 0 saturated carbocycles. The molecule has 0 fully saturated rings. The van der Waals surface area contributed by atoms with Crippen LogP contribution in [0.15, 0.2) is 30.5 Å². The zero-order valence-electron chi connectivity index (χ0n) is 24.7. The Balaban J connectivity index is 2.20. The van der Waals surface area contributed by atoms with Crippen LogP contribution in [0, 0.1) is 0 Å². The lowest BCUT2D eigenvalue weighted by Gasteiger charge is -2.32. The summed E-state index contributed by atoms with van der Waals surface area (Å²) in [4.78, 5) is 88.4. The number of nitrogens with zero attached hydrogens (tertiary/aromatic N) is 3. The van der Waals surface area contributed by atoms with E-state index in [9.17, 15) is 43.8 Å². The number of fused-ring (bicyclic) bond motifs is 1. The number of carbonyl (C=O) groups excluding carboxylic acids is 1. The standard InChI is InChI=1S/C28H37N5O13/c34-22(30-20(27(43)44)11-17-12-29-19-4-2-1-3-18(17)19)6-5-21(28(45)46)33(9-7-31(13-23(35)36)14-24(37)38)10-8-32(15-25(39)40)16-26(41)42/h1-4,12,20-21,29H,5-11,13-16H2,(H,30,34)(H,35,36)(H,37,38)(H,39,40)(H,41,42)(H,43,44)(H,45,46). The first kappa shape index (κ1) is 37.1. The van der Waals surface area contributed by atoms with E-state index in [0.29, 0.717) is 5.56 Å². The van der Waals surface area contributed by atoms with Crippen molar-refractivity contribution in [3.05, 3.63) is 36.0 Å². The lowest BCUT2D eigenvalue weighted by molar-refractivity contribution is -0.146. The van der Waals surface area contributed by atoms with Gasteiger partial charge in [0.25, 0.3) is 0 Å². The monoisotopic (exact) mass is 651 g/mol. The van der Waals surface area contributed by atoms with E-state index in [0.717, 1.165) is 20.7 Å². The van der Waals surface area contributed by atoms with Crippen molar-refractivity contribution in [3.63, 3.8) is 0 Å². The summed E-state index contributed by atoms with van der Waals surface area (Å²) in [6, 6.07) is 4.37. The number of carbonyl (C=O) groups is 7. The van der Waals surface area contributed by atoms with Gasteiger partial charge in [0.15, 0.2) is 0 Å². The van der Waals surface area contributed by atoms with Gasteiger partial charge in [-0.25, -0.2) is 4.79 Å². The van der Waals surface area contributed by atoms with Crippen molar-refractivity contribution in [2.45, 2.75) is 31.3 Å². The minimum Gasteiger partial charge on any atom is -0.480 e. The van der Waals surface area contributed by atoms with E-state index in [2.05, 4.69) is 10.3 Å².